The fourth-order valence-electron chi connectivity index (χ4n) is 2.45. The van der Waals surface area contributed by atoms with Crippen molar-refractivity contribution in [1.82, 2.24) is 20.1 Å². The summed E-state index contributed by atoms with van der Waals surface area (Å²) in [6, 6.07) is 10.2. The number of aromatic nitrogens is 3. The van der Waals surface area contributed by atoms with E-state index in [1.54, 1.807) is 0 Å². The molecule has 0 aliphatic heterocycles. The molecule has 0 atom stereocenters. The number of nitrogens with one attached hydrogen (secondary N) is 1. The lowest BCUT2D eigenvalue weighted by Crippen LogP contribution is -2.11. The Morgan fingerprint density at radius 1 is 1.24 bits per heavy atom. The van der Waals surface area contributed by atoms with Crippen LogP contribution < -0.4 is 5.32 Å². The summed E-state index contributed by atoms with van der Waals surface area (Å²) >= 11 is 3.61. The van der Waals surface area contributed by atoms with E-state index >= 15 is 0 Å². The van der Waals surface area contributed by atoms with Crippen molar-refractivity contribution in [2.24, 2.45) is 0 Å². The Balaban J connectivity index is 2.09. The second-order valence-corrected chi connectivity index (χ2v) is 5.76. The average molecular weight is 345 g/mol. The molecule has 1 aromatic carbocycles. The first-order valence-corrected chi connectivity index (χ1v) is 7.80. The molecule has 0 bridgehead atoms. The van der Waals surface area contributed by atoms with Crippen molar-refractivity contribution in [2.75, 3.05) is 13.6 Å². The Morgan fingerprint density at radius 3 is 2.90 bits per heavy atom. The molecule has 0 aliphatic rings. The number of hydrogen-bond acceptors (Lipinski definition) is 3. The van der Waals surface area contributed by atoms with Gasteiger partial charge in [0.05, 0.1) is 5.52 Å². The first-order chi connectivity index (χ1) is 10.3. The van der Waals surface area contributed by atoms with Gasteiger partial charge in [0, 0.05) is 34.4 Å². The molecule has 0 spiro atoms. The molecule has 0 amide bonds. The number of pyridine rings is 1. The van der Waals surface area contributed by atoms with Crippen LogP contribution in [0.3, 0.4) is 0 Å². The molecule has 0 aliphatic carbocycles. The van der Waals surface area contributed by atoms with Crippen LogP contribution in [0.4, 0.5) is 0 Å². The van der Waals surface area contributed by atoms with Crippen molar-refractivity contribution >= 4 is 26.8 Å². The average Bonchev–Trinajstić information content (AvgIpc) is 2.87. The third-order valence-corrected chi connectivity index (χ3v) is 4.17. The molecule has 3 aromatic rings. The van der Waals surface area contributed by atoms with Crippen LogP contribution in [0, 0.1) is 0 Å². The largest absolute Gasteiger partial charge is 0.320 e. The normalized spacial score (nSPS) is 11.1. The lowest BCUT2D eigenvalue weighted by atomic mass is 10.1. The molecule has 108 valence electrons. The van der Waals surface area contributed by atoms with Crippen LogP contribution in [0.15, 0.2) is 47.2 Å². The zero-order chi connectivity index (χ0) is 14.7. The Labute approximate surface area is 132 Å². The van der Waals surface area contributed by atoms with Gasteiger partial charge in [-0.15, -0.1) is 0 Å². The number of fused-ring (bicyclic) bond motifs is 1. The summed E-state index contributed by atoms with van der Waals surface area (Å²) in [4.78, 5) is 4.26. The van der Waals surface area contributed by atoms with Crippen molar-refractivity contribution in [1.29, 1.82) is 0 Å². The third kappa shape index (κ3) is 2.84. The molecule has 3 rings (SSSR count). The zero-order valence-electron chi connectivity index (χ0n) is 11.9. The van der Waals surface area contributed by atoms with Crippen LogP contribution in [0.1, 0.15) is 6.42 Å². The molecular weight excluding hydrogens is 328 g/mol. The molecule has 0 saturated heterocycles. The maximum absolute atomic E-state index is 4.81. The summed E-state index contributed by atoms with van der Waals surface area (Å²) < 4.78 is 3.12. The van der Waals surface area contributed by atoms with Gasteiger partial charge in [-0.25, -0.2) is 0 Å². The summed E-state index contributed by atoms with van der Waals surface area (Å²) in [7, 11) is 1.97. The van der Waals surface area contributed by atoms with Gasteiger partial charge < -0.3 is 5.32 Å². The highest BCUT2D eigenvalue weighted by Gasteiger charge is 2.14. The highest BCUT2D eigenvalue weighted by atomic mass is 79.9. The number of benzene rings is 1. The highest BCUT2D eigenvalue weighted by molar-refractivity contribution is 9.10. The number of nitrogens with zero attached hydrogens (tertiary/aromatic N) is 3. The number of rotatable bonds is 5. The molecule has 1 N–H and O–H groups in total. The Hall–Kier alpha value is -1.72. The zero-order valence-corrected chi connectivity index (χ0v) is 13.5. The second kappa shape index (κ2) is 6.37. The maximum atomic E-state index is 4.81. The Kier molecular flexibility index (Phi) is 4.31. The molecule has 0 saturated carbocycles. The van der Waals surface area contributed by atoms with E-state index in [0.717, 1.165) is 46.1 Å². The van der Waals surface area contributed by atoms with Crippen LogP contribution >= 0.6 is 15.9 Å². The first kappa shape index (κ1) is 14.2. The van der Waals surface area contributed by atoms with Gasteiger partial charge in [0.1, 0.15) is 5.69 Å². The van der Waals surface area contributed by atoms with Crippen LogP contribution in [0.2, 0.25) is 0 Å². The minimum atomic E-state index is 0.895. The second-order valence-electron chi connectivity index (χ2n) is 4.90. The molecule has 4 nitrogen and oxygen atoms in total. The van der Waals surface area contributed by atoms with Gasteiger partial charge in [0.2, 0.25) is 0 Å². The molecule has 0 radical (unpaired) electrons. The van der Waals surface area contributed by atoms with Crippen molar-refractivity contribution in [3.63, 3.8) is 0 Å². The summed E-state index contributed by atoms with van der Waals surface area (Å²) in [6.45, 7) is 1.88. The molecule has 5 heteroatoms. The standard InChI is InChI=1S/C16H17BrN4/c1-18-8-4-10-21-15-7-9-19-11-13(15)16(20-21)12-5-2-3-6-14(12)17/h2-3,5-7,9,11,18H,4,8,10H2,1H3. The smallest absolute Gasteiger partial charge is 0.103 e. The Morgan fingerprint density at radius 2 is 2.10 bits per heavy atom. The van der Waals surface area contributed by atoms with E-state index in [4.69, 9.17) is 5.10 Å². The van der Waals surface area contributed by atoms with Gasteiger partial charge in [-0.1, -0.05) is 34.1 Å². The van der Waals surface area contributed by atoms with Gasteiger partial charge in [0.15, 0.2) is 0 Å². The van der Waals surface area contributed by atoms with E-state index in [1.807, 2.05) is 43.7 Å². The summed E-state index contributed by atoms with van der Waals surface area (Å²) in [5.41, 5.74) is 3.21. The van der Waals surface area contributed by atoms with Crippen molar-refractivity contribution in [2.45, 2.75) is 13.0 Å². The minimum Gasteiger partial charge on any atom is -0.320 e. The van der Waals surface area contributed by atoms with E-state index in [0.29, 0.717) is 0 Å². The lowest BCUT2D eigenvalue weighted by molar-refractivity contribution is 0.578. The molecule has 0 fully saturated rings. The fraction of sp³-hybridized carbons (Fsp3) is 0.250. The van der Waals surface area contributed by atoms with Gasteiger partial charge in [-0.3, -0.25) is 9.67 Å². The fourth-order valence-corrected chi connectivity index (χ4v) is 2.92. The SMILES string of the molecule is CNCCCn1nc(-c2ccccc2Br)c2cnccc21. The summed E-state index contributed by atoms with van der Waals surface area (Å²) in [5, 5.41) is 9.08. The van der Waals surface area contributed by atoms with Gasteiger partial charge in [-0.05, 0) is 32.1 Å². The van der Waals surface area contributed by atoms with Crippen molar-refractivity contribution in [3.8, 4) is 11.3 Å². The quantitative estimate of drug-likeness (QED) is 0.720. The van der Waals surface area contributed by atoms with Crippen molar-refractivity contribution < 1.29 is 0 Å². The van der Waals surface area contributed by atoms with Crippen LogP contribution in [0.25, 0.3) is 22.2 Å². The van der Waals surface area contributed by atoms with Crippen LogP contribution in [-0.4, -0.2) is 28.4 Å². The number of aryl methyl sites for hydroxylation is 1. The molecule has 2 aromatic heterocycles. The Bertz CT molecular complexity index is 751. The topological polar surface area (TPSA) is 42.7 Å². The van der Waals surface area contributed by atoms with Gasteiger partial charge in [0.25, 0.3) is 0 Å². The third-order valence-electron chi connectivity index (χ3n) is 3.48. The maximum Gasteiger partial charge on any atom is 0.103 e. The van der Waals surface area contributed by atoms with Gasteiger partial charge in [-0.2, -0.15) is 5.10 Å². The van der Waals surface area contributed by atoms with E-state index in [1.165, 1.54) is 0 Å². The minimum absolute atomic E-state index is 0.895. The predicted molar refractivity (Wildman–Crippen MR) is 89.2 cm³/mol. The molecule has 2 heterocycles. The molecule has 21 heavy (non-hydrogen) atoms. The molecule has 0 unspecified atom stereocenters. The van der Waals surface area contributed by atoms with Crippen LogP contribution in [0.5, 0.6) is 0 Å². The van der Waals surface area contributed by atoms with E-state index in [9.17, 15) is 0 Å². The van der Waals surface area contributed by atoms with Crippen molar-refractivity contribution in [3.05, 3.63) is 47.2 Å². The van der Waals surface area contributed by atoms with Gasteiger partial charge >= 0.3 is 0 Å². The number of halogens is 1. The lowest BCUT2D eigenvalue weighted by Gasteiger charge is -2.03. The van der Waals surface area contributed by atoms with E-state index in [2.05, 4.69) is 37.0 Å². The monoisotopic (exact) mass is 344 g/mol. The highest BCUT2D eigenvalue weighted by Crippen LogP contribution is 2.32. The first-order valence-electron chi connectivity index (χ1n) is 7.01. The van der Waals surface area contributed by atoms with E-state index in [-0.39, 0.29) is 0 Å². The summed E-state index contributed by atoms with van der Waals surface area (Å²) in [5.74, 6) is 0. The molecular formula is C16H17BrN4. The predicted octanol–water partition coefficient (Wildman–Crippen LogP) is 3.47. The summed E-state index contributed by atoms with van der Waals surface area (Å²) in [6.07, 6.45) is 4.76. The number of hydrogen-bond donors (Lipinski definition) is 1. The van der Waals surface area contributed by atoms with Crippen LogP contribution in [-0.2, 0) is 6.54 Å². The van der Waals surface area contributed by atoms with E-state index < -0.39 is 0 Å².